The molecule has 0 saturated carbocycles. The summed E-state index contributed by atoms with van der Waals surface area (Å²) in [5.41, 5.74) is 0.709. The zero-order valence-electron chi connectivity index (χ0n) is 14.2. The number of nitrogens with zero attached hydrogens (tertiary/aromatic N) is 1. The number of carbonyl (C=O) groups excluding carboxylic acids is 1. The molecular formula is C19H22FNO2S. The Labute approximate surface area is 146 Å². The Morgan fingerprint density at radius 1 is 1.17 bits per heavy atom. The van der Waals surface area contributed by atoms with Crippen LogP contribution in [0, 0.1) is 5.82 Å². The van der Waals surface area contributed by atoms with Gasteiger partial charge in [0, 0.05) is 17.2 Å². The van der Waals surface area contributed by atoms with Crippen molar-refractivity contribution in [3.63, 3.8) is 0 Å². The van der Waals surface area contributed by atoms with Gasteiger partial charge >= 0.3 is 0 Å². The first-order valence-corrected chi connectivity index (χ1v) is 8.75. The highest BCUT2D eigenvalue weighted by Crippen LogP contribution is 2.27. The normalized spacial score (nSPS) is 10.7. The summed E-state index contributed by atoms with van der Waals surface area (Å²) in [6.07, 6.45) is 0. The molecule has 1 amide bonds. The van der Waals surface area contributed by atoms with E-state index in [0.29, 0.717) is 29.7 Å². The van der Waals surface area contributed by atoms with Gasteiger partial charge in [0.25, 0.3) is 5.91 Å². The Hall–Kier alpha value is -2.01. The van der Waals surface area contributed by atoms with E-state index in [9.17, 15) is 9.18 Å². The van der Waals surface area contributed by atoms with Gasteiger partial charge in [0.1, 0.15) is 18.2 Å². The van der Waals surface area contributed by atoms with Gasteiger partial charge in [-0.05, 0) is 36.4 Å². The minimum atomic E-state index is -0.297. The van der Waals surface area contributed by atoms with Gasteiger partial charge in [0.2, 0.25) is 0 Å². The smallest absolute Gasteiger partial charge is 0.254 e. The molecule has 2 aromatic carbocycles. The third-order valence-electron chi connectivity index (χ3n) is 3.34. The molecule has 128 valence electrons. The summed E-state index contributed by atoms with van der Waals surface area (Å²) < 4.78 is 18.4. The van der Waals surface area contributed by atoms with Gasteiger partial charge in [-0.15, -0.1) is 11.8 Å². The Balaban J connectivity index is 1.93. The second kappa shape index (κ2) is 8.73. The van der Waals surface area contributed by atoms with Crippen molar-refractivity contribution in [3.8, 4) is 5.75 Å². The molecule has 0 aliphatic rings. The van der Waals surface area contributed by atoms with Crippen molar-refractivity contribution in [2.24, 2.45) is 0 Å². The van der Waals surface area contributed by atoms with E-state index in [1.54, 1.807) is 35.8 Å². The Bertz CT molecular complexity index is 673. The molecule has 0 spiro atoms. The molecule has 24 heavy (non-hydrogen) atoms. The fraction of sp³-hybridized carbons (Fsp3) is 0.316. The van der Waals surface area contributed by atoms with Crippen molar-refractivity contribution in [2.75, 3.05) is 20.2 Å². The summed E-state index contributed by atoms with van der Waals surface area (Å²) in [5, 5.41) is 0.408. The Morgan fingerprint density at radius 3 is 2.50 bits per heavy atom. The van der Waals surface area contributed by atoms with Gasteiger partial charge < -0.3 is 9.64 Å². The highest BCUT2D eigenvalue weighted by molar-refractivity contribution is 8.00. The molecule has 5 heteroatoms. The first-order valence-electron chi connectivity index (χ1n) is 7.87. The van der Waals surface area contributed by atoms with Crippen LogP contribution in [0.3, 0.4) is 0 Å². The number of ether oxygens (including phenoxy) is 1. The first kappa shape index (κ1) is 18.3. The van der Waals surface area contributed by atoms with Crippen LogP contribution in [0.1, 0.15) is 24.2 Å². The van der Waals surface area contributed by atoms with Crippen molar-refractivity contribution in [2.45, 2.75) is 24.0 Å². The van der Waals surface area contributed by atoms with Crippen LogP contribution in [-0.4, -0.2) is 36.3 Å². The van der Waals surface area contributed by atoms with Crippen LogP contribution in [0.2, 0.25) is 0 Å². The fourth-order valence-electron chi connectivity index (χ4n) is 2.14. The molecule has 3 nitrogen and oxygen atoms in total. The van der Waals surface area contributed by atoms with Crippen LogP contribution in [0.15, 0.2) is 53.4 Å². The predicted octanol–water partition coefficient (Wildman–Crippen LogP) is 4.48. The van der Waals surface area contributed by atoms with Crippen LogP contribution < -0.4 is 4.74 Å². The maximum absolute atomic E-state index is 12.8. The molecule has 0 radical (unpaired) electrons. The number of hydrogen-bond donors (Lipinski definition) is 0. The van der Waals surface area contributed by atoms with Crippen molar-refractivity contribution in [1.82, 2.24) is 4.90 Å². The summed E-state index contributed by atoms with van der Waals surface area (Å²) in [4.78, 5) is 15.3. The van der Waals surface area contributed by atoms with Gasteiger partial charge in [0.05, 0.1) is 12.1 Å². The minimum Gasteiger partial charge on any atom is -0.492 e. The number of amides is 1. The minimum absolute atomic E-state index is 0.0264. The number of rotatable bonds is 7. The van der Waals surface area contributed by atoms with Crippen molar-refractivity contribution >= 4 is 17.7 Å². The van der Waals surface area contributed by atoms with Gasteiger partial charge in [-0.1, -0.05) is 26.0 Å². The second-order valence-electron chi connectivity index (χ2n) is 5.69. The van der Waals surface area contributed by atoms with Crippen LogP contribution in [-0.2, 0) is 0 Å². The number of likely N-dealkylation sites (N-methyl/N-ethyl adjacent to an activating group) is 1. The van der Waals surface area contributed by atoms with Crippen molar-refractivity contribution < 1.29 is 13.9 Å². The van der Waals surface area contributed by atoms with E-state index in [0.717, 1.165) is 4.90 Å². The van der Waals surface area contributed by atoms with Crippen LogP contribution in [0.5, 0.6) is 5.75 Å². The largest absolute Gasteiger partial charge is 0.492 e. The zero-order chi connectivity index (χ0) is 17.5. The number of hydrogen-bond acceptors (Lipinski definition) is 3. The third-order valence-corrected chi connectivity index (χ3v) is 4.42. The average Bonchev–Trinajstić information content (AvgIpc) is 2.56. The molecule has 2 rings (SSSR count). The maximum atomic E-state index is 12.8. The number of thioether (sulfide) groups is 1. The van der Waals surface area contributed by atoms with E-state index in [4.69, 9.17) is 4.74 Å². The number of benzene rings is 2. The molecule has 0 heterocycles. The Morgan fingerprint density at radius 2 is 1.83 bits per heavy atom. The molecular weight excluding hydrogens is 325 g/mol. The lowest BCUT2D eigenvalue weighted by Gasteiger charge is -2.19. The summed E-state index contributed by atoms with van der Waals surface area (Å²) in [6, 6.07) is 13.5. The van der Waals surface area contributed by atoms with Crippen molar-refractivity contribution in [1.29, 1.82) is 0 Å². The first-order chi connectivity index (χ1) is 11.5. The van der Waals surface area contributed by atoms with E-state index in [1.165, 1.54) is 12.1 Å². The topological polar surface area (TPSA) is 29.5 Å². The van der Waals surface area contributed by atoms with Gasteiger partial charge in [-0.2, -0.15) is 0 Å². The fourth-order valence-corrected chi connectivity index (χ4v) is 3.09. The van der Waals surface area contributed by atoms with Gasteiger partial charge in [-0.25, -0.2) is 4.39 Å². The molecule has 0 fully saturated rings. The molecule has 2 aromatic rings. The maximum Gasteiger partial charge on any atom is 0.254 e. The SMILES string of the molecule is CC(C)Sc1ccccc1C(=O)N(C)CCOc1ccc(F)cc1. The second-order valence-corrected chi connectivity index (χ2v) is 7.31. The van der Waals surface area contributed by atoms with Gasteiger partial charge in [-0.3, -0.25) is 4.79 Å². The number of halogens is 1. The van der Waals surface area contributed by atoms with E-state index in [2.05, 4.69) is 13.8 Å². The Kier molecular flexibility index (Phi) is 6.67. The lowest BCUT2D eigenvalue weighted by atomic mass is 10.2. The third kappa shape index (κ3) is 5.27. The van der Waals surface area contributed by atoms with E-state index >= 15 is 0 Å². The lowest BCUT2D eigenvalue weighted by Crippen LogP contribution is -2.31. The predicted molar refractivity (Wildman–Crippen MR) is 96.3 cm³/mol. The van der Waals surface area contributed by atoms with Crippen LogP contribution >= 0.6 is 11.8 Å². The van der Waals surface area contributed by atoms with Crippen LogP contribution in [0.4, 0.5) is 4.39 Å². The number of carbonyl (C=O) groups is 1. The standard InChI is InChI=1S/C19H22FNO2S/c1-14(2)24-18-7-5-4-6-17(18)19(22)21(3)12-13-23-16-10-8-15(20)9-11-16/h4-11,14H,12-13H2,1-3H3. The summed E-state index contributed by atoms with van der Waals surface area (Å²) in [5.74, 6) is 0.267. The lowest BCUT2D eigenvalue weighted by molar-refractivity contribution is 0.0770. The molecule has 0 aliphatic heterocycles. The average molecular weight is 347 g/mol. The summed E-state index contributed by atoms with van der Waals surface area (Å²) >= 11 is 1.68. The zero-order valence-corrected chi connectivity index (χ0v) is 15.0. The van der Waals surface area contributed by atoms with E-state index in [1.807, 2.05) is 24.3 Å². The van der Waals surface area contributed by atoms with Crippen LogP contribution in [0.25, 0.3) is 0 Å². The summed E-state index contributed by atoms with van der Waals surface area (Å²) in [7, 11) is 1.76. The quantitative estimate of drug-likeness (QED) is 0.692. The highest BCUT2D eigenvalue weighted by Gasteiger charge is 2.16. The molecule has 0 unspecified atom stereocenters. The van der Waals surface area contributed by atoms with E-state index in [-0.39, 0.29) is 11.7 Å². The molecule has 0 saturated heterocycles. The highest BCUT2D eigenvalue weighted by atomic mass is 32.2. The van der Waals surface area contributed by atoms with Crippen molar-refractivity contribution in [3.05, 3.63) is 59.9 Å². The molecule has 0 bridgehead atoms. The molecule has 0 aliphatic carbocycles. The molecule has 0 atom stereocenters. The van der Waals surface area contributed by atoms with Gasteiger partial charge in [0.15, 0.2) is 0 Å². The monoisotopic (exact) mass is 347 g/mol. The summed E-state index contributed by atoms with van der Waals surface area (Å²) in [6.45, 7) is 5.02. The van der Waals surface area contributed by atoms with E-state index < -0.39 is 0 Å². The molecule has 0 aromatic heterocycles. The molecule has 0 N–H and O–H groups in total.